The van der Waals surface area contributed by atoms with E-state index in [4.69, 9.17) is 0 Å². The molecular formula is C12H25NS. The maximum absolute atomic E-state index is 3.69. The van der Waals surface area contributed by atoms with E-state index in [1.54, 1.807) is 0 Å². The summed E-state index contributed by atoms with van der Waals surface area (Å²) >= 11 is 2.14. The number of thioether (sulfide) groups is 1. The molecule has 1 nitrogen and oxygen atoms in total. The maximum Gasteiger partial charge on any atom is 0.0186 e. The van der Waals surface area contributed by atoms with Crippen LogP contribution < -0.4 is 5.32 Å². The first-order valence-electron chi connectivity index (χ1n) is 6.19. The van der Waals surface area contributed by atoms with E-state index in [0.29, 0.717) is 0 Å². The predicted molar refractivity (Wildman–Crippen MR) is 67.0 cm³/mol. The Morgan fingerprint density at radius 3 is 2.64 bits per heavy atom. The number of nitrogens with one attached hydrogen (secondary N) is 1. The highest BCUT2D eigenvalue weighted by Crippen LogP contribution is 2.34. The molecule has 1 aliphatic rings. The summed E-state index contributed by atoms with van der Waals surface area (Å²) in [5, 5.41) is 3.69. The van der Waals surface area contributed by atoms with Crippen LogP contribution in [0.3, 0.4) is 0 Å². The SMILES string of the molecule is CCCCSCC(NCCC)C1CC1. The lowest BCUT2D eigenvalue weighted by Gasteiger charge is -2.17. The lowest BCUT2D eigenvalue weighted by molar-refractivity contribution is 0.503. The Labute approximate surface area is 93.4 Å². The quantitative estimate of drug-likeness (QED) is 0.592. The molecule has 0 aliphatic heterocycles. The van der Waals surface area contributed by atoms with E-state index in [0.717, 1.165) is 12.0 Å². The van der Waals surface area contributed by atoms with E-state index in [9.17, 15) is 0 Å². The molecule has 1 aliphatic carbocycles. The molecule has 14 heavy (non-hydrogen) atoms. The fourth-order valence-corrected chi connectivity index (χ4v) is 2.95. The van der Waals surface area contributed by atoms with Crippen LogP contribution in [0.4, 0.5) is 0 Å². The van der Waals surface area contributed by atoms with E-state index in [1.165, 1.54) is 50.2 Å². The molecule has 2 heteroatoms. The van der Waals surface area contributed by atoms with Gasteiger partial charge < -0.3 is 5.32 Å². The van der Waals surface area contributed by atoms with Gasteiger partial charge >= 0.3 is 0 Å². The van der Waals surface area contributed by atoms with Crippen molar-refractivity contribution in [3.63, 3.8) is 0 Å². The molecule has 0 saturated heterocycles. The van der Waals surface area contributed by atoms with E-state index in [-0.39, 0.29) is 0 Å². The molecule has 84 valence electrons. The number of unbranched alkanes of at least 4 members (excludes halogenated alkanes) is 1. The number of hydrogen-bond donors (Lipinski definition) is 1. The Kier molecular flexibility index (Phi) is 6.70. The Bertz CT molecular complexity index is 134. The van der Waals surface area contributed by atoms with Gasteiger partial charge in [-0.2, -0.15) is 11.8 Å². The van der Waals surface area contributed by atoms with Crippen LogP contribution in [0.5, 0.6) is 0 Å². The van der Waals surface area contributed by atoms with Crippen LogP contribution in [0.2, 0.25) is 0 Å². The van der Waals surface area contributed by atoms with E-state index < -0.39 is 0 Å². The smallest absolute Gasteiger partial charge is 0.0186 e. The van der Waals surface area contributed by atoms with Crippen molar-refractivity contribution in [1.82, 2.24) is 5.32 Å². The molecule has 1 N–H and O–H groups in total. The molecule has 0 aromatic heterocycles. The first-order valence-corrected chi connectivity index (χ1v) is 7.35. The molecule has 0 bridgehead atoms. The first kappa shape index (κ1) is 12.4. The highest BCUT2D eigenvalue weighted by atomic mass is 32.2. The minimum absolute atomic E-state index is 0.816. The Morgan fingerprint density at radius 2 is 2.07 bits per heavy atom. The van der Waals surface area contributed by atoms with Gasteiger partial charge in [0.05, 0.1) is 0 Å². The molecule has 1 unspecified atom stereocenters. The van der Waals surface area contributed by atoms with E-state index >= 15 is 0 Å². The molecule has 0 aromatic rings. The fraction of sp³-hybridized carbons (Fsp3) is 1.00. The summed E-state index contributed by atoms with van der Waals surface area (Å²) in [6.45, 7) is 5.73. The summed E-state index contributed by atoms with van der Waals surface area (Å²) in [6.07, 6.45) is 6.92. The molecule has 1 saturated carbocycles. The van der Waals surface area contributed by atoms with Crippen molar-refractivity contribution in [1.29, 1.82) is 0 Å². The zero-order valence-corrected chi connectivity index (χ0v) is 10.5. The summed E-state index contributed by atoms with van der Waals surface area (Å²) in [7, 11) is 0. The van der Waals surface area contributed by atoms with Crippen LogP contribution in [0.1, 0.15) is 46.0 Å². The molecule has 1 atom stereocenters. The monoisotopic (exact) mass is 215 g/mol. The Morgan fingerprint density at radius 1 is 1.29 bits per heavy atom. The van der Waals surface area contributed by atoms with Crippen molar-refractivity contribution in [2.45, 2.75) is 52.0 Å². The normalized spacial score (nSPS) is 18.4. The Balaban J connectivity index is 2.02. The van der Waals surface area contributed by atoms with Gasteiger partial charge in [-0.25, -0.2) is 0 Å². The van der Waals surface area contributed by atoms with Gasteiger partial charge in [-0.15, -0.1) is 0 Å². The van der Waals surface area contributed by atoms with Gasteiger partial charge in [0.15, 0.2) is 0 Å². The van der Waals surface area contributed by atoms with Crippen LogP contribution in [0, 0.1) is 5.92 Å². The molecule has 0 radical (unpaired) electrons. The van der Waals surface area contributed by atoms with E-state index in [2.05, 4.69) is 30.9 Å². The zero-order valence-electron chi connectivity index (χ0n) is 9.72. The van der Waals surface area contributed by atoms with Crippen molar-refractivity contribution in [2.24, 2.45) is 5.92 Å². The van der Waals surface area contributed by atoms with Crippen LogP contribution >= 0.6 is 11.8 Å². The molecule has 0 heterocycles. The summed E-state index contributed by atoms with van der Waals surface area (Å²) in [5.74, 6) is 3.70. The topological polar surface area (TPSA) is 12.0 Å². The van der Waals surface area contributed by atoms with Gasteiger partial charge in [0.2, 0.25) is 0 Å². The summed E-state index contributed by atoms with van der Waals surface area (Å²) < 4.78 is 0. The second kappa shape index (κ2) is 7.58. The van der Waals surface area contributed by atoms with E-state index in [1.807, 2.05) is 0 Å². The second-order valence-corrected chi connectivity index (χ2v) is 5.48. The van der Waals surface area contributed by atoms with Crippen LogP contribution in [-0.2, 0) is 0 Å². The van der Waals surface area contributed by atoms with Crippen molar-refractivity contribution < 1.29 is 0 Å². The molecule has 1 fully saturated rings. The van der Waals surface area contributed by atoms with Gasteiger partial charge in [-0.3, -0.25) is 0 Å². The van der Waals surface area contributed by atoms with Gasteiger partial charge in [0.25, 0.3) is 0 Å². The highest BCUT2D eigenvalue weighted by Gasteiger charge is 2.30. The minimum atomic E-state index is 0.816. The lowest BCUT2D eigenvalue weighted by atomic mass is 10.2. The molecule has 1 rings (SSSR count). The third-order valence-electron chi connectivity index (χ3n) is 2.79. The predicted octanol–water partition coefficient (Wildman–Crippen LogP) is 3.30. The molecular weight excluding hydrogens is 190 g/mol. The number of hydrogen-bond acceptors (Lipinski definition) is 2. The highest BCUT2D eigenvalue weighted by molar-refractivity contribution is 7.99. The average Bonchev–Trinajstić information content (AvgIpc) is 3.00. The van der Waals surface area contributed by atoms with Crippen molar-refractivity contribution in [2.75, 3.05) is 18.1 Å². The minimum Gasteiger partial charge on any atom is -0.313 e. The average molecular weight is 215 g/mol. The van der Waals surface area contributed by atoms with Gasteiger partial charge in [0.1, 0.15) is 0 Å². The van der Waals surface area contributed by atoms with Gasteiger partial charge in [0, 0.05) is 11.8 Å². The largest absolute Gasteiger partial charge is 0.313 e. The zero-order chi connectivity index (χ0) is 10.2. The second-order valence-electron chi connectivity index (χ2n) is 4.33. The standard InChI is InChI=1S/C12H25NS/c1-3-5-9-14-10-12(11-6-7-11)13-8-4-2/h11-13H,3-10H2,1-2H3. The van der Waals surface area contributed by atoms with Gasteiger partial charge in [-0.05, 0) is 43.9 Å². The third kappa shape index (κ3) is 5.26. The van der Waals surface area contributed by atoms with Crippen LogP contribution in [0.15, 0.2) is 0 Å². The summed E-state index contributed by atoms with van der Waals surface area (Å²) in [5.41, 5.74) is 0. The summed E-state index contributed by atoms with van der Waals surface area (Å²) in [4.78, 5) is 0. The first-order chi connectivity index (χ1) is 6.88. The molecule has 0 spiro atoms. The fourth-order valence-electron chi connectivity index (χ4n) is 1.65. The molecule has 0 aromatic carbocycles. The lowest BCUT2D eigenvalue weighted by Crippen LogP contribution is -2.34. The maximum atomic E-state index is 3.69. The van der Waals surface area contributed by atoms with Crippen molar-refractivity contribution in [3.8, 4) is 0 Å². The van der Waals surface area contributed by atoms with Crippen molar-refractivity contribution >= 4 is 11.8 Å². The third-order valence-corrected chi connectivity index (χ3v) is 3.96. The Hall–Kier alpha value is 0.310. The van der Waals surface area contributed by atoms with Crippen LogP contribution in [-0.4, -0.2) is 24.1 Å². The summed E-state index contributed by atoms with van der Waals surface area (Å²) in [6, 6.07) is 0.816. The molecule has 0 amide bonds. The number of rotatable bonds is 9. The van der Waals surface area contributed by atoms with Crippen LogP contribution in [0.25, 0.3) is 0 Å². The van der Waals surface area contributed by atoms with Gasteiger partial charge in [-0.1, -0.05) is 20.3 Å². The van der Waals surface area contributed by atoms with Crippen molar-refractivity contribution in [3.05, 3.63) is 0 Å².